The van der Waals surface area contributed by atoms with Gasteiger partial charge in [0.05, 0.1) is 11.3 Å². The van der Waals surface area contributed by atoms with E-state index in [1.165, 1.54) is 19.2 Å². The monoisotopic (exact) mass is 273 g/mol. The minimum atomic E-state index is -3.54. The van der Waals surface area contributed by atoms with Crippen molar-refractivity contribution in [2.45, 2.75) is 24.3 Å². The van der Waals surface area contributed by atoms with Gasteiger partial charge in [-0.3, -0.25) is 0 Å². The average molecular weight is 273 g/mol. The highest BCUT2D eigenvalue weighted by molar-refractivity contribution is 7.89. The van der Waals surface area contributed by atoms with Gasteiger partial charge in [-0.15, -0.1) is 0 Å². The Morgan fingerprint density at radius 3 is 2.44 bits per heavy atom. The lowest BCUT2D eigenvalue weighted by Gasteiger charge is -2.19. The van der Waals surface area contributed by atoms with E-state index in [4.69, 9.17) is 5.73 Å². The number of nitrogen functional groups attached to an aromatic ring is 1. The van der Waals surface area contributed by atoms with Crippen molar-refractivity contribution < 1.29 is 13.5 Å². The minimum absolute atomic E-state index is 0.0406. The van der Waals surface area contributed by atoms with E-state index in [1.54, 1.807) is 19.9 Å². The molecule has 18 heavy (non-hydrogen) atoms. The van der Waals surface area contributed by atoms with Crippen LogP contribution >= 0.6 is 0 Å². The Balaban J connectivity index is 2.94. The lowest BCUT2D eigenvalue weighted by Crippen LogP contribution is -2.29. The summed E-state index contributed by atoms with van der Waals surface area (Å²) in [5, 5.41) is 12.5. The molecule has 0 aliphatic rings. The molecule has 0 saturated heterocycles. The Morgan fingerprint density at radius 1 is 1.39 bits per heavy atom. The largest absolute Gasteiger partial charge is 0.398 e. The van der Waals surface area contributed by atoms with Crippen LogP contribution in [0.15, 0.2) is 23.1 Å². The molecule has 0 saturated carbocycles. The van der Waals surface area contributed by atoms with Crippen molar-refractivity contribution in [3.63, 3.8) is 0 Å². The summed E-state index contributed by atoms with van der Waals surface area (Å²) < 4.78 is 25.4. The Morgan fingerprint density at radius 2 is 2.00 bits per heavy atom. The van der Waals surface area contributed by atoms with Crippen LogP contribution in [0.4, 0.5) is 11.4 Å². The molecule has 0 aliphatic carbocycles. The fourth-order valence-electron chi connectivity index (χ4n) is 1.33. The van der Waals surface area contributed by atoms with E-state index in [9.17, 15) is 13.5 Å². The first-order chi connectivity index (χ1) is 8.15. The molecule has 102 valence electrons. The molecule has 0 spiro atoms. The standard InChI is InChI=1S/C11H19N3O3S/c1-11(2,15)7-14-8-4-5-10(9(12)6-8)18(16,17)13-3/h4-6,13-15H,7,12H2,1-3H3. The Kier molecular flexibility index (Phi) is 4.20. The summed E-state index contributed by atoms with van der Waals surface area (Å²) in [4.78, 5) is 0.0406. The lowest BCUT2D eigenvalue weighted by molar-refractivity contribution is 0.0945. The van der Waals surface area contributed by atoms with Crippen LogP contribution in [-0.2, 0) is 10.0 Å². The number of rotatable bonds is 5. The van der Waals surface area contributed by atoms with Crippen molar-refractivity contribution in [3.05, 3.63) is 18.2 Å². The van der Waals surface area contributed by atoms with Crippen LogP contribution in [0.1, 0.15) is 13.8 Å². The molecule has 1 rings (SSSR count). The number of hydrogen-bond donors (Lipinski definition) is 4. The number of nitrogens with one attached hydrogen (secondary N) is 2. The summed E-state index contributed by atoms with van der Waals surface area (Å²) >= 11 is 0. The first-order valence-corrected chi connectivity index (χ1v) is 6.93. The predicted octanol–water partition coefficient (Wildman–Crippen LogP) is 0.360. The highest BCUT2D eigenvalue weighted by Crippen LogP contribution is 2.22. The maximum atomic E-state index is 11.6. The summed E-state index contributed by atoms with van der Waals surface area (Å²) in [6.45, 7) is 3.68. The summed E-state index contributed by atoms with van der Waals surface area (Å²) in [5.74, 6) is 0. The number of sulfonamides is 1. The second-order valence-corrected chi connectivity index (χ2v) is 6.48. The second-order valence-electron chi connectivity index (χ2n) is 4.63. The molecule has 0 aromatic heterocycles. The molecule has 0 aliphatic heterocycles. The van der Waals surface area contributed by atoms with Crippen molar-refractivity contribution in [3.8, 4) is 0 Å². The van der Waals surface area contributed by atoms with E-state index in [0.717, 1.165) is 0 Å². The van der Waals surface area contributed by atoms with E-state index in [0.29, 0.717) is 12.2 Å². The molecule has 0 radical (unpaired) electrons. The van der Waals surface area contributed by atoms with Gasteiger partial charge in [0.25, 0.3) is 0 Å². The molecule has 0 bridgehead atoms. The van der Waals surface area contributed by atoms with Gasteiger partial charge in [0.1, 0.15) is 4.90 Å². The molecule has 0 amide bonds. The molecule has 7 heteroatoms. The van der Waals surface area contributed by atoms with Gasteiger partial charge in [-0.05, 0) is 39.1 Å². The smallest absolute Gasteiger partial charge is 0.242 e. The maximum Gasteiger partial charge on any atom is 0.242 e. The molecule has 1 aromatic rings. The van der Waals surface area contributed by atoms with Gasteiger partial charge in [0.2, 0.25) is 10.0 Å². The fourth-order valence-corrected chi connectivity index (χ4v) is 2.17. The number of anilines is 2. The van der Waals surface area contributed by atoms with Gasteiger partial charge in [-0.1, -0.05) is 0 Å². The zero-order valence-electron chi connectivity index (χ0n) is 10.7. The van der Waals surface area contributed by atoms with Gasteiger partial charge >= 0.3 is 0 Å². The summed E-state index contributed by atoms with van der Waals surface area (Å²) in [5.41, 5.74) is 5.66. The van der Waals surface area contributed by atoms with Crippen molar-refractivity contribution in [2.75, 3.05) is 24.6 Å². The summed E-state index contributed by atoms with van der Waals surface area (Å²) in [6.07, 6.45) is 0. The van der Waals surface area contributed by atoms with Crippen LogP contribution < -0.4 is 15.8 Å². The maximum absolute atomic E-state index is 11.6. The summed E-state index contributed by atoms with van der Waals surface area (Å²) in [7, 11) is -2.21. The SMILES string of the molecule is CNS(=O)(=O)c1ccc(NCC(C)(C)O)cc1N. The number of hydrogen-bond acceptors (Lipinski definition) is 5. The number of nitrogens with two attached hydrogens (primary N) is 1. The topological polar surface area (TPSA) is 104 Å². The van der Waals surface area contributed by atoms with E-state index in [2.05, 4.69) is 10.0 Å². The van der Waals surface area contributed by atoms with Gasteiger partial charge in [0.15, 0.2) is 0 Å². The molecule has 6 nitrogen and oxygen atoms in total. The average Bonchev–Trinajstić information content (AvgIpc) is 2.25. The summed E-state index contributed by atoms with van der Waals surface area (Å²) in [6, 6.07) is 4.55. The first kappa shape index (κ1) is 14.7. The highest BCUT2D eigenvalue weighted by atomic mass is 32.2. The second kappa shape index (κ2) is 5.13. The molecule has 0 atom stereocenters. The predicted molar refractivity (Wildman–Crippen MR) is 71.9 cm³/mol. The van der Waals surface area contributed by atoms with Gasteiger partial charge in [0, 0.05) is 12.2 Å². The van der Waals surface area contributed by atoms with Crippen LogP contribution in [0.3, 0.4) is 0 Å². The highest BCUT2D eigenvalue weighted by Gasteiger charge is 2.16. The molecule has 0 heterocycles. The molecule has 0 fully saturated rings. The normalized spacial score (nSPS) is 12.4. The molecule has 5 N–H and O–H groups in total. The fraction of sp³-hybridized carbons (Fsp3) is 0.455. The van der Waals surface area contributed by atoms with Crippen molar-refractivity contribution in [1.29, 1.82) is 0 Å². The van der Waals surface area contributed by atoms with E-state index in [1.807, 2.05) is 0 Å². The van der Waals surface area contributed by atoms with Crippen LogP contribution in [-0.4, -0.2) is 32.7 Å². The molecule has 1 aromatic carbocycles. The lowest BCUT2D eigenvalue weighted by atomic mass is 10.1. The Bertz CT molecular complexity index is 521. The van der Waals surface area contributed by atoms with Crippen molar-refractivity contribution in [1.82, 2.24) is 4.72 Å². The minimum Gasteiger partial charge on any atom is -0.398 e. The zero-order valence-corrected chi connectivity index (χ0v) is 11.5. The number of aliphatic hydroxyl groups is 1. The molecular formula is C11H19N3O3S. The van der Waals surface area contributed by atoms with Crippen molar-refractivity contribution in [2.24, 2.45) is 0 Å². The van der Waals surface area contributed by atoms with E-state index >= 15 is 0 Å². The van der Waals surface area contributed by atoms with Gasteiger partial charge in [-0.25, -0.2) is 13.1 Å². The van der Waals surface area contributed by atoms with Crippen LogP contribution in [0.25, 0.3) is 0 Å². The molecule has 0 unspecified atom stereocenters. The number of benzene rings is 1. The third kappa shape index (κ3) is 3.86. The van der Waals surface area contributed by atoms with Crippen molar-refractivity contribution >= 4 is 21.4 Å². The Labute approximate surface area is 107 Å². The first-order valence-electron chi connectivity index (χ1n) is 5.45. The quantitative estimate of drug-likeness (QED) is 0.580. The van der Waals surface area contributed by atoms with E-state index in [-0.39, 0.29) is 10.6 Å². The zero-order chi connectivity index (χ0) is 14.0. The van der Waals surface area contributed by atoms with Crippen LogP contribution in [0, 0.1) is 0 Å². The van der Waals surface area contributed by atoms with Crippen LogP contribution in [0.2, 0.25) is 0 Å². The van der Waals surface area contributed by atoms with Gasteiger partial charge in [-0.2, -0.15) is 0 Å². The third-order valence-corrected chi connectivity index (χ3v) is 3.78. The Hall–Kier alpha value is -1.31. The van der Waals surface area contributed by atoms with Gasteiger partial charge < -0.3 is 16.2 Å². The van der Waals surface area contributed by atoms with E-state index < -0.39 is 15.6 Å². The third-order valence-electron chi connectivity index (χ3n) is 2.29. The molecular weight excluding hydrogens is 254 g/mol. The van der Waals surface area contributed by atoms with Crippen LogP contribution in [0.5, 0.6) is 0 Å².